The van der Waals surface area contributed by atoms with Gasteiger partial charge in [-0.25, -0.2) is 4.39 Å². The maximum atomic E-state index is 13.7. The summed E-state index contributed by atoms with van der Waals surface area (Å²) in [4.78, 5) is 17.0. The molecule has 3 rings (SSSR count). The Bertz CT molecular complexity index is 519. The highest BCUT2D eigenvalue weighted by atomic mass is 19.1. The standard InChI is InChI=1S/C17H23FN2O/c1-19-10-4-8-15(19)16-9-5-11-20(16)17(21)12-13-6-2-3-7-14(13)18/h2-3,6-7,15-16H,4-5,8-12H2,1H3/t15-,16+/m0/s1. The number of carbonyl (C=O) groups excluding carboxylic acids is 1. The first kappa shape index (κ1) is 14.5. The Hall–Kier alpha value is -1.42. The van der Waals surface area contributed by atoms with E-state index in [1.54, 1.807) is 18.2 Å². The zero-order chi connectivity index (χ0) is 14.8. The van der Waals surface area contributed by atoms with Crippen molar-refractivity contribution in [1.82, 2.24) is 9.80 Å². The van der Waals surface area contributed by atoms with Crippen LogP contribution in [0.2, 0.25) is 0 Å². The average Bonchev–Trinajstić information content (AvgIpc) is 3.09. The third-order valence-corrected chi connectivity index (χ3v) is 4.94. The highest BCUT2D eigenvalue weighted by molar-refractivity contribution is 5.79. The van der Waals surface area contributed by atoms with Gasteiger partial charge in [0, 0.05) is 18.6 Å². The molecule has 0 aromatic heterocycles. The summed E-state index contributed by atoms with van der Waals surface area (Å²) in [5.41, 5.74) is 0.507. The molecule has 2 heterocycles. The van der Waals surface area contributed by atoms with E-state index in [2.05, 4.69) is 11.9 Å². The van der Waals surface area contributed by atoms with Gasteiger partial charge in [0.05, 0.1) is 6.42 Å². The molecule has 2 aliphatic heterocycles. The zero-order valence-electron chi connectivity index (χ0n) is 12.6. The second-order valence-corrected chi connectivity index (χ2v) is 6.26. The fraction of sp³-hybridized carbons (Fsp3) is 0.588. The van der Waals surface area contributed by atoms with E-state index in [1.807, 2.05) is 4.90 Å². The van der Waals surface area contributed by atoms with Gasteiger partial charge in [0.2, 0.25) is 5.91 Å². The molecule has 0 radical (unpaired) electrons. The minimum Gasteiger partial charge on any atom is -0.338 e. The molecular formula is C17H23FN2O. The minimum absolute atomic E-state index is 0.0721. The van der Waals surface area contributed by atoms with E-state index in [1.165, 1.54) is 18.9 Å². The van der Waals surface area contributed by atoms with Gasteiger partial charge in [-0.05, 0) is 50.9 Å². The molecule has 3 nitrogen and oxygen atoms in total. The number of likely N-dealkylation sites (tertiary alicyclic amines) is 2. The number of benzene rings is 1. The molecule has 21 heavy (non-hydrogen) atoms. The van der Waals surface area contributed by atoms with Gasteiger partial charge in [-0.1, -0.05) is 18.2 Å². The Morgan fingerprint density at radius 1 is 1.19 bits per heavy atom. The summed E-state index contributed by atoms with van der Waals surface area (Å²) in [6.07, 6.45) is 4.72. The van der Waals surface area contributed by atoms with Crippen molar-refractivity contribution in [2.45, 2.75) is 44.2 Å². The lowest BCUT2D eigenvalue weighted by molar-refractivity contribution is -0.132. The first-order chi connectivity index (χ1) is 10.2. The van der Waals surface area contributed by atoms with Crippen LogP contribution in [-0.4, -0.2) is 47.9 Å². The van der Waals surface area contributed by atoms with E-state index >= 15 is 0 Å². The normalized spacial score (nSPS) is 26.5. The molecule has 0 saturated carbocycles. The van der Waals surface area contributed by atoms with Crippen LogP contribution in [0.1, 0.15) is 31.2 Å². The fourth-order valence-electron chi connectivity index (χ4n) is 3.83. The summed E-state index contributed by atoms with van der Waals surface area (Å²) in [6.45, 7) is 1.94. The number of carbonyl (C=O) groups is 1. The summed E-state index contributed by atoms with van der Waals surface area (Å²) in [5.74, 6) is -0.206. The van der Waals surface area contributed by atoms with Crippen molar-refractivity contribution in [3.05, 3.63) is 35.6 Å². The van der Waals surface area contributed by atoms with Crippen LogP contribution in [0.3, 0.4) is 0 Å². The predicted molar refractivity (Wildman–Crippen MR) is 80.5 cm³/mol. The highest BCUT2D eigenvalue weighted by Crippen LogP contribution is 2.29. The van der Waals surface area contributed by atoms with Crippen LogP contribution in [0.4, 0.5) is 4.39 Å². The van der Waals surface area contributed by atoms with Gasteiger partial charge in [-0.2, -0.15) is 0 Å². The van der Waals surface area contributed by atoms with Crippen LogP contribution in [0, 0.1) is 5.82 Å². The van der Waals surface area contributed by atoms with Gasteiger partial charge < -0.3 is 9.80 Å². The van der Waals surface area contributed by atoms with Gasteiger partial charge in [0.15, 0.2) is 0 Å². The quantitative estimate of drug-likeness (QED) is 0.854. The fourth-order valence-corrected chi connectivity index (χ4v) is 3.83. The van der Waals surface area contributed by atoms with E-state index in [0.29, 0.717) is 17.6 Å². The summed E-state index contributed by atoms with van der Waals surface area (Å²) < 4.78 is 13.7. The van der Waals surface area contributed by atoms with Crippen molar-refractivity contribution >= 4 is 5.91 Å². The number of rotatable bonds is 3. The smallest absolute Gasteiger partial charge is 0.227 e. The van der Waals surface area contributed by atoms with E-state index in [9.17, 15) is 9.18 Å². The molecule has 0 N–H and O–H groups in total. The maximum absolute atomic E-state index is 13.7. The number of nitrogens with zero attached hydrogens (tertiary/aromatic N) is 2. The summed E-state index contributed by atoms with van der Waals surface area (Å²) in [6, 6.07) is 7.39. The largest absolute Gasteiger partial charge is 0.338 e. The number of halogens is 1. The van der Waals surface area contributed by atoms with Gasteiger partial charge in [0.25, 0.3) is 0 Å². The molecule has 2 fully saturated rings. The number of amides is 1. The Balaban J connectivity index is 1.70. The summed E-state index contributed by atoms with van der Waals surface area (Å²) in [7, 11) is 2.15. The van der Waals surface area contributed by atoms with E-state index in [4.69, 9.17) is 0 Å². The molecule has 0 unspecified atom stereocenters. The van der Waals surface area contributed by atoms with E-state index < -0.39 is 0 Å². The molecule has 0 bridgehead atoms. The molecule has 2 saturated heterocycles. The van der Waals surface area contributed by atoms with Crippen LogP contribution >= 0.6 is 0 Å². The third kappa shape index (κ3) is 2.95. The Morgan fingerprint density at radius 3 is 2.62 bits per heavy atom. The monoisotopic (exact) mass is 290 g/mol. The molecule has 4 heteroatoms. The van der Waals surface area contributed by atoms with Crippen LogP contribution < -0.4 is 0 Å². The summed E-state index contributed by atoms with van der Waals surface area (Å²) in [5, 5.41) is 0. The maximum Gasteiger partial charge on any atom is 0.227 e. The van der Waals surface area contributed by atoms with E-state index in [-0.39, 0.29) is 18.1 Å². The molecule has 2 atom stereocenters. The minimum atomic E-state index is -0.278. The van der Waals surface area contributed by atoms with E-state index in [0.717, 1.165) is 25.9 Å². The lowest BCUT2D eigenvalue weighted by Gasteiger charge is -2.33. The van der Waals surface area contributed by atoms with Crippen molar-refractivity contribution in [2.24, 2.45) is 0 Å². The first-order valence-electron chi connectivity index (χ1n) is 7.90. The summed E-state index contributed by atoms with van der Waals surface area (Å²) >= 11 is 0. The lowest BCUT2D eigenvalue weighted by Crippen LogP contribution is -2.47. The molecule has 0 spiro atoms. The van der Waals surface area contributed by atoms with Crippen LogP contribution in [0.15, 0.2) is 24.3 Å². The average molecular weight is 290 g/mol. The highest BCUT2D eigenvalue weighted by Gasteiger charge is 2.38. The molecule has 114 valence electrons. The first-order valence-corrected chi connectivity index (χ1v) is 7.90. The Labute approximate surface area is 125 Å². The number of hydrogen-bond donors (Lipinski definition) is 0. The third-order valence-electron chi connectivity index (χ3n) is 4.94. The van der Waals surface area contributed by atoms with Crippen LogP contribution in [0.25, 0.3) is 0 Å². The zero-order valence-corrected chi connectivity index (χ0v) is 12.6. The van der Waals surface area contributed by atoms with Crippen molar-refractivity contribution in [3.63, 3.8) is 0 Å². The number of hydrogen-bond acceptors (Lipinski definition) is 2. The number of likely N-dealkylation sites (N-methyl/N-ethyl adjacent to an activating group) is 1. The van der Waals surface area contributed by atoms with Gasteiger partial charge in [-0.15, -0.1) is 0 Å². The second-order valence-electron chi connectivity index (χ2n) is 6.26. The molecule has 1 amide bonds. The second kappa shape index (κ2) is 6.14. The molecule has 1 aromatic rings. The van der Waals surface area contributed by atoms with Crippen molar-refractivity contribution in [3.8, 4) is 0 Å². The lowest BCUT2D eigenvalue weighted by atomic mass is 10.0. The van der Waals surface area contributed by atoms with Gasteiger partial charge in [0.1, 0.15) is 5.82 Å². The Kier molecular flexibility index (Phi) is 4.24. The van der Waals surface area contributed by atoms with Crippen LogP contribution in [-0.2, 0) is 11.2 Å². The molecular weight excluding hydrogens is 267 g/mol. The van der Waals surface area contributed by atoms with Crippen LogP contribution in [0.5, 0.6) is 0 Å². The van der Waals surface area contributed by atoms with Crippen molar-refractivity contribution in [1.29, 1.82) is 0 Å². The predicted octanol–water partition coefficient (Wildman–Crippen LogP) is 2.45. The SMILES string of the molecule is CN1CCC[C@H]1[C@H]1CCCN1C(=O)Cc1ccccc1F. The Morgan fingerprint density at radius 2 is 1.90 bits per heavy atom. The van der Waals surface area contributed by atoms with Gasteiger partial charge >= 0.3 is 0 Å². The van der Waals surface area contributed by atoms with Gasteiger partial charge in [-0.3, -0.25) is 4.79 Å². The van der Waals surface area contributed by atoms with Crippen molar-refractivity contribution in [2.75, 3.05) is 20.1 Å². The molecule has 2 aliphatic rings. The molecule has 1 aromatic carbocycles. The molecule has 0 aliphatic carbocycles. The topological polar surface area (TPSA) is 23.6 Å². The van der Waals surface area contributed by atoms with Crippen molar-refractivity contribution < 1.29 is 9.18 Å².